The first-order valence-electron chi connectivity index (χ1n) is 7.98. The second kappa shape index (κ2) is 6.41. The molecule has 1 saturated heterocycles. The highest BCUT2D eigenvalue weighted by molar-refractivity contribution is 9.10. The molecule has 2 aromatic rings. The minimum Gasteiger partial charge on any atom is -0.454 e. The Balaban J connectivity index is 1.71. The summed E-state index contributed by atoms with van der Waals surface area (Å²) >= 11 is 8.86. The van der Waals surface area contributed by atoms with E-state index in [0.29, 0.717) is 22.3 Å². The van der Waals surface area contributed by atoms with E-state index in [1.165, 1.54) is 4.90 Å². The Kier molecular flexibility index (Phi) is 4.20. The first kappa shape index (κ1) is 17.1. The quantitative estimate of drug-likeness (QED) is 0.574. The van der Waals surface area contributed by atoms with Crippen LogP contribution in [-0.4, -0.2) is 17.8 Å². The first-order chi connectivity index (χ1) is 12.5. The molecule has 2 aromatic carbocycles. The molecule has 0 aliphatic carbocycles. The largest absolute Gasteiger partial charge is 0.454 e. The summed E-state index contributed by atoms with van der Waals surface area (Å²) in [6, 6.07) is 9.53. The number of thiocarbonyl (C=S) groups is 1. The fourth-order valence-electron chi connectivity index (χ4n) is 2.97. The molecular formula is C19H15BrN2O3S. The number of halogens is 1. The lowest BCUT2D eigenvalue weighted by atomic mass is 10.1. The summed E-state index contributed by atoms with van der Waals surface area (Å²) in [6.07, 6.45) is 1.76. The zero-order valence-electron chi connectivity index (χ0n) is 14.1. The molecule has 0 aromatic heterocycles. The number of benzene rings is 2. The lowest BCUT2D eigenvalue weighted by molar-refractivity contribution is -0.113. The maximum absolute atomic E-state index is 12.9. The molecule has 2 heterocycles. The molecule has 7 heteroatoms. The van der Waals surface area contributed by atoms with Crippen LogP contribution in [0, 0.1) is 13.8 Å². The van der Waals surface area contributed by atoms with Crippen molar-refractivity contribution in [3.05, 3.63) is 57.2 Å². The fraction of sp³-hybridized carbons (Fsp3) is 0.158. The van der Waals surface area contributed by atoms with Crippen molar-refractivity contribution in [3.63, 3.8) is 0 Å². The van der Waals surface area contributed by atoms with Gasteiger partial charge in [0.1, 0.15) is 5.70 Å². The number of hydrogen-bond acceptors (Lipinski definition) is 4. The van der Waals surface area contributed by atoms with Gasteiger partial charge in [-0.25, -0.2) is 0 Å². The van der Waals surface area contributed by atoms with E-state index in [-0.39, 0.29) is 12.7 Å². The smallest absolute Gasteiger partial charge is 0.281 e. The van der Waals surface area contributed by atoms with Gasteiger partial charge in [-0.2, -0.15) is 0 Å². The van der Waals surface area contributed by atoms with Crippen molar-refractivity contribution < 1.29 is 14.3 Å². The molecule has 1 fully saturated rings. The first-order valence-corrected chi connectivity index (χ1v) is 9.18. The Morgan fingerprint density at radius 1 is 1.27 bits per heavy atom. The Morgan fingerprint density at radius 2 is 2.08 bits per heavy atom. The zero-order chi connectivity index (χ0) is 18.4. The molecule has 0 saturated carbocycles. The Labute approximate surface area is 164 Å². The van der Waals surface area contributed by atoms with Crippen LogP contribution in [-0.2, 0) is 4.79 Å². The minimum absolute atomic E-state index is 0.183. The van der Waals surface area contributed by atoms with E-state index in [1.54, 1.807) is 6.08 Å². The van der Waals surface area contributed by atoms with Gasteiger partial charge in [0, 0.05) is 0 Å². The van der Waals surface area contributed by atoms with Crippen molar-refractivity contribution >= 4 is 50.9 Å². The van der Waals surface area contributed by atoms with Crippen LogP contribution in [0.15, 0.2) is 40.5 Å². The van der Waals surface area contributed by atoms with Gasteiger partial charge in [0.05, 0.1) is 10.2 Å². The van der Waals surface area contributed by atoms with Crippen molar-refractivity contribution in [2.24, 2.45) is 0 Å². The molecule has 1 N–H and O–H groups in total. The van der Waals surface area contributed by atoms with E-state index in [1.807, 2.05) is 44.2 Å². The van der Waals surface area contributed by atoms with Crippen LogP contribution in [0.25, 0.3) is 6.08 Å². The van der Waals surface area contributed by atoms with E-state index in [9.17, 15) is 4.79 Å². The van der Waals surface area contributed by atoms with Gasteiger partial charge in [0.2, 0.25) is 6.79 Å². The van der Waals surface area contributed by atoms with Gasteiger partial charge >= 0.3 is 0 Å². The third-order valence-corrected chi connectivity index (χ3v) is 5.33. The van der Waals surface area contributed by atoms with Gasteiger partial charge in [-0.15, -0.1) is 0 Å². The third-order valence-electron chi connectivity index (χ3n) is 4.46. The van der Waals surface area contributed by atoms with Gasteiger partial charge in [-0.3, -0.25) is 9.69 Å². The monoisotopic (exact) mass is 430 g/mol. The topological polar surface area (TPSA) is 50.8 Å². The maximum atomic E-state index is 12.9. The number of carbonyl (C=O) groups excluding carboxylic acids is 1. The molecule has 132 valence electrons. The lowest BCUT2D eigenvalue weighted by Gasteiger charge is -2.17. The standard InChI is InChI=1S/C19H15BrN2O3S/c1-10-4-3-5-15(11(10)2)22-18(23)14(21-19(22)26)7-12-6-13(20)17-16(8-12)24-9-25-17/h3-8H,9H2,1-2H3,(H,21,26). The van der Waals surface area contributed by atoms with E-state index in [0.717, 1.165) is 26.9 Å². The van der Waals surface area contributed by atoms with Crippen LogP contribution in [0.4, 0.5) is 5.69 Å². The second-order valence-electron chi connectivity index (χ2n) is 6.08. The van der Waals surface area contributed by atoms with Crippen LogP contribution in [0.5, 0.6) is 11.5 Å². The Bertz CT molecular complexity index is 987. The van der Waals surface area contributed by atoms with Gasteiger partial charge < -0.3 is 14.8 Å². The summed E-state index contributed by atoms with van der Waals surface area (Å²) in [6.45, 7) is 4.18. The summed E-state index contributed by atoms with van der Waals surface area (Å²) in [5, 5.41) is 3.39. The number of nitrogens with one attached hydrogen (secondary N) is 1. The molecule has 5 nitrogen and oxygen atoms in total. The normalized spacial score (nSPS) is 17.2. The Hall–Kier alpha value is -2.38. The van der Waals surface area contributed by atoms with Crippen molar-refractivity contribution in [3.8, 4) is 11.5 Å². The number of nitrogens with zero attached hydrogens (tertiary/aromatic N) is 1. The number of rotatable bonds is 2. The predicted octanol–water partition coefficient (Wildman–Crippen LogP) is 4.06. The number of fused-ring (bicyclic) bond motifs is 1. The number of ether oxygens (including phenoxy) is 2. The molecule has 2 aliphatic rings. The van der Waals surface area contributed by atoms with E-state index in [2.05, 4.69) is 21.2 Å². The van der Waals surface area contributed by atoms with Crippen LogP contribution in [0.1, 0.15) is 16.7 Å². The van der Waals surface area contributed by atoms with Gasteiger partial charge in [0.25, 0.3) is 5.91 Å². The van der Waals surface area contributed by atoms with Crippen molar-refractivity contribution in [2.75, 3.05) is 11.7 Å². The molecular weight excluding hydrogens is 416 g/mol. The SMILES string of the molecule is Cc1cccc(N2C(=O)C(=Cc3cc(Br)c4c(c3)OCO4)NC2=S)c1C. The van der Waals surface area contributed by atoms with Gasteiger partial charge in [-0.05, 0) is 83.0 Å². The fourth-order valence-corrected chi connectivity index (χ4v) is 3.83. The summed E-state index contributed by atoms with van der Waals surface area (Å²) in [4.78, 5) is 14.5. The van der Waals surface area contributed by atoms with Crippen molar-refractivity contribution in [1.82, 2.24) is 5.32 Å². The minimum atomic E-state index is -0.183. The maximum Gasteiger partial charge on any atom is 0.281 e. The summed E-state index contributed by atoms with van der Waals surface area (Å²) < 4.78 is 11.6. The number of aryl methyl sites for hydroxylation is 1. The van der Waals surface area contributed by atoms with E-state index < -0.39 is 0 Å². The number of amides is 1. The van der Waals surface area contributed by atoms with Crippen LogP contribution in [0.3, 0.4) is 0 Å². The van der Waals surface area contributed by atoms with Gasteiger partial charge in [0.15, 0.2) is 16.6 Å². The molecule has 0 spiro atoms. The van der Waals surface area contributed by atoms with Crippen molar-refractivity contribution in [1.29, 1.82) is 0 Å². The van der Waals surface area contributed by atoms with Gasteiger partial charge in [-0.1, -0.05) is 12.1 Å². The lowest BCUT2D eigenvalue weighted by Crippen LogP contribution is -2.31. The van der Waals surface area contributed by atoms with Crippen LogP contribution < -0.4 is 19.7 Å². The van der Waals surface area contributed by atoms with Crippen molar-refractivity contribution in [2.45, 2.75) is 13.8 Å². The highest BCUT2D eigenvalue weighted by atomic mass is 79.9. The molecule has 0 bridgehead atoms. The van der Waals surface area contributed by atoms with E-state index >= 15 is 0 Å². The predicted molar refractivity (Wildman–Crippen MR) is 107 cm³/mol. The molecule has 0 radical (unpaired) electrons. The van der Waals surface area contributed by atoms with E-state index in [4.69, 9.17) is 21.7 Å². The number of carbonyl (C=O) groups is 1. The van der Waals surface area contributed by atoms with Crippen LogP contribution in [0.2, 0.25) is 0 Å². The molecule has 1 amide bonds. The molecule has 4 rings (SSSR count). The summed E-state index contributed by atoms with van der Waals surface area (Å²) in [7, 11) is 0. The number of hydrogen-bond donors (Lipinski definition) is 1. The molecule has 0 unspecified atom stereocenters. The zero-order valence-corrected chi connectivity index (χ0v) is 16.5. The Morgan fingerprint density at radius 3 is 2.88 bits per heavy atom. The second-order valence-corrected chi connectivity index (χ2v) is 7.33. The molecule has 2 aliphatic heterocycles. The summed E-state index contributed by atoms with van der Waals surface area (Å²) in [5.74, 6) is 1.13. The third kappa shape index (κ3) is 2.77. The summed E-state index contributed by atoms with van der Waals surface area (Å²) in [5.41, 5.74) is 4.15. The highest BCUT2D eigenvalue weighted by Crippen LogP contribution is 2.40. The number of anilines is 1. The molecule has 0 atom stereocenters. The average molecular weight is 431 g/mol. The highest BCUT2D eigenvalue weighted by Gasteiger charge is 2.33. The average Bonchev–Trinajstić information content (AvgIpc) is 3.16. The molecule has 26 heavy (non-hydrogen) atoms. The van der Waals surface area contributed by atoms with Crippen LogP contribution >= 0.6 is 28.1 Å².